The number of nitrogens with zero attached hydrogens (tertiary/aromatic N) is 1. The lowest BCUT2D eigenvalue weighted by atomic mass is 9.73. The summed E-state index contributed by atoms with van der Waals surface area (Å²) in [7, 11) is 1.05. The van der Waals surface area contributed by atoms with Gasteiger partial charge in [-0.1, -0.05) is 24.4 Å². The maximum Gasteiger partial charge on any atom is 0.227 e. The molecule has 1 saturated heterocycles. The van der Waals surface area contributed by atoms with Crippen molar-refractivity contribution in [3.8, 4) is 0 Å². The van der Waals surface area contributed by atoms with Crippen molar-refractivity contribution in [3.05, 3.63) is 24.3 Å². The van der Waals surface area contributed by atoms with Crippen LogP contribution in [0.25, 0.3) is 0 Å². The third-order valence-corrected chi connectivity index (χ3v) is 2.73. The molecule has 1 aromatic carbocycles. The molecule has 2 rings (SSSR count). The summed E-state index contributed by atoms with van der Waals surface area (Å²) in [5.74, 6) is 0.259. The summed E-state index contributed by atoms with van der Waals surface area (Å²) >= 11 is 0. The normalized spacial score (nSPS) is 16.1. The van der Waals surface area contributed by atoms with Crippen molar-refractivity contribution in [1.29, 1.82) is 0 Å². The van der Waals surface area contributed by atoms with Gasteiger partial charge in [-0.15, -0.1) is 0 Å². The van der Waals surface area contributed by atoms with Crippen LogP contribution in [0.2, 0.25) is 6.82 Å². The number of anilines is 1. The van der Waals surface area contributed by atoms with E-state index < -0.39 is 0 Å². The van der Waals surface area contributed by atoms with Gasteiger partial charge in [0.2, 0.25) is 5.91 Å². The van der Waals surface area contributed by atoms with Gasteiger partial charge in [0.1, 0.15) is 0 Å². The van der Waals surface area contributed by atoms with E-state index >= 15 is 0 Å². The molecule has 0 saturated carbocycles. The molecule has 2 nitrogen and oxygen atoms in total. The van der Waals surface area contributed by atoms with E-state index in [0.29, 0.717) is 6.42 Å². The summed E-state index contributed by atoms with van der Waals surface area (Å²) in [6.45, 7) is 3.01. The van der Waals surface area contributed by atoms with Gasteiger partial charge in [-0.3, -0.25) is 4.79 Å². The standard InChI is InChI=1S/C11H14BNO/c1-12-9-4-6-10(7-5-9)13-8-2-3-11(13)14/h4-7,12H,2-3,8H2,1H3. The maximum absolute atomic E-state index is 11.5. The lowest BCUT2D eigenvalue weighted by Gasteiger charge is -2.15. The van der Waals surface area contributed by atoms with Crippen LogP contribution in [0.15, 0.2) is 24.3 Å². The molecule has 14 heavy (non-hydrogen) atoms. The van der Waals surface area contributed by atoms with Gasteiger partial charge < -0.3 is 4.90 Å². The van der Waals surface area contributed by atoms with Crippen LogP contribution >= 0.6 is 0 Å². The summed E-state index contributed by atoms with van der Waals surface area (Å²) < 4.78 is 0. The molecule has 3 heteroatoms. The highest BCUT2D eigenvalue weighted by Crippen LogP contribution is 2.19. The fourth-order valence-corrected chi connectivity index (χ4v) is 1.83. The van der Waals surface area contributed by atoms with Crippen molar-refractivity contribution in [2.24, 2.45) is 0 Å². The third-order valence-electron chi connectivity index (χ3n) is 2.73. The van der Waals surface area contributed by atoms with E-state index in [1.54, 1.807) is 0 Å². The monoisotopic (exact) mass is 187 g/mol. The van der Waals surface area contributed by atoms with Gasteiger partial charge in [-0.05, 0) is 18.6 Å². The molecule has 0 bridgehead atoms. The van der Waals surface area contributed by atoms with Crippen molar-refractivity contribution in [2.45, 2.75) is 19.7 Å². The Bertz CT molecular complexity index is 334. The second kappa shape index (κ2) is 3.87. The molecule has 0 spiro atoms. The summed E-state index contributed by atoms with van der Waals surface area (Å²) in [4.78, 5) is 13.3. The van der Waals surface area contributed by atoms with Crippen LogP contribution in [0.4, 0.5) is 5.69 Å². The van der Waals surface area contributed by atoms with Crippen LogP contribution in [0, 0.1) is 0 Å². The zero-order valence-corrected chi connectivity index (χ0v) is 8.49. The molecule has 1 aromatic rings. The molecule has 0 unspecified atom stereocenters. The van der Waals surface area contributed by atoms with Gasteiger partial charge in [0.15, 0.2) is 7.28 Å². The highest BCUT2D eigenvalue weighted by atomic mass is 16.2. The smallest absolute Gasteiger partial charge is 0.227 e. The van der Waals surface area contributed by atoms with E-state index in [1.165, 1.54) is 5.46 Å². The second-order valence-corrected chi connectivity index (χ2v) is 3.67. The molecular weight excluding hydrogens is 173 g/mol. The van der Waals surface area contributed by atoms with Crippen molar-refractivity contribution >= 4 is 24.3 Å². The SMILES string of the molecule is CBc1ccc(N2CCCC2=O)cc1. The molecule has 1 aliphatic heterocycles. The van der Waals surface area contributed by atoms with Crippen LogP contribution in [-0.2, 0) is 4.79 Å². The first kappa shape index (κ1) is 9.32. The van der Waals surface area contributed by atoms with Gasteiger partial charge in [0.05, 0.1) is 0 Å². The Morgan fingerprint density at radius 2 is 2.00 bits per heavy atom. The molecule has 0 aromatic heterocycles. The predicted molar refractivity (Wildman–Crippen MR) is 60.7 cm³/mol. The molecular formula is C11H14BNO. The zero-order valence-electron chi connectivity index (χ0n) is 8.49. The van der Waals surface area contributed by atoms with Crippen molar-refractivity contribution in [1.82, 2.24) is 0 Å². The van der Waals surface area contributed by atoms with Crippen LogP contribution in [-0.4, -0.2) is 19.7 Å². The highest BCUT2D eigenvalue weighted by Gasteiger charge is 2.21. The fourth-order valence-electron chi connectivity index (χ4n) is 1.83. The molecule has 1 amide bonds. The lowest BCUT2D eigenvalue weighted by Crippen LogP contribution is -2.24. The number of carbonyl (C=O) groups is 1. The first-order valence-electron chi connectivity index (χ1n) is 5.20. The lowest BCUT2D eigenvalue weighted by molar-refractivity contribution is -0.117. The maximum atomic E-state index is 11.5. The predicted octanol–water partition coefficient (Wildman–Crippen LogP) is 0.923. The van der Waals surface area contributed by atoms with Crippen LogP contribution in [0.3, 0.4) is 0 Å². The van der Waals surface area contributed by atoms with E-state index in [-0.39, 0.29) is 5.91 Å². The Balaban J connectivity index is 2.20. The second-order valence-electron chi connectivity index (χ2n) is 3.67. The Morgan fingerprint density at radius 1 is 1.29 bits per heavy atom. The minimum absolute atomic E-state index is 0.259. The molecule has 0 radical (unpaired) electrons. The first-order valence-corrected chi connectivity index (χ1v) is 5.20. The van der Waals surface area contributed by atoms with E-state index in [2.05, 4.69) is 19.0 Å². The van der Waals surface area contributed by atoms with Crippen molar-refractivity contribution in [2.75, 3.05) is 11.4 Å². The zero-order chi connectivity index (χ0) is 9.97. The average Bonchev–Trinajstić information content (AvgIpc) is 2.65. The molecule has 1 heterocycles. The molecule has 0 N–H and O–H groups in total. The number of benzene rings is 1. The summed E-state index contributed by atoms with van der Waals surface area (Å²) in [5.41, 5.74) is 2.37. The molecule has 72 valence electrons. The average molecular weight is 187 g/mol. The number of hydrogen-bond donors (Lipinski definition) is 0. The fraction of sp³-hybridized carbons (Fsp3) is 0.364. The van der Waals surface area contributed by atoms with Gasteiger partial charge in [0.25, 0.3) is 0 Å². The van der Waals surface area contributed by atoms with Gasteiger partial charge in [0, 0.05) is 18.7 Å². The van der Waals surface area contributed by atoms with E-state index in [1.807, 2.05) is 17.0 Å². The Hall–Kier alpha value is -1.25. The topological polar surface area (TPSA) is 20.3 Å². The molecule has 0 aliphatic carbocycles. The minimum atomic E-state index is 0.259. The largest absolute Gasteiger partial charge is 0.312 e. The molecule has 1 aliphatic rings. The Kier molecular flexibility index (Phi) is 2.57. The number of rotatable bonds is 2. The number of carbonyl (C=O) groups excluding carboxylic acids is 1. The Morgan fingerprint density at radius 3 is 2.50 bits per heavy atom. The van der Waals surface area contributed by atoms with Gasteiger partial charge in [-0.25, -0.2) is 0 Å². The number of hydrogen-bond acceptors (Lipinski definition) is 1. The Labute approximate surface area is 85.2 Å². The third kappa shape index (κ3) is 1.67. The number of amides is 1. The summed E-state index contributed by atoms with van der Waals surface area (Å²) in [5, 5.41) is 0. The summed E-state index contributed by atoms with van der Waals surface area (Å²) in [6.07, 6.45) is 1.70. The molecule has 0 atom stereocenters. The van der Waals surface area contributed by atoms with Crippen molar-refractivity contribution < 1.29 is 4.79 Å². The quantitative estimate of drug-likeness (QED) is 0.630. The van der Waals surface area contributed by atoms with Gasteiger partial charge in [-0.2, -0.15) is 0 Å². The summed E-state index contributed by atoms with van der Waals surface area (Å²) in [6, 6.07) is 8.28. The van der Waals surface area contributed by atoms with Crippen molar-refractivity contribution in [3.63, 3.8) is 0 Å². The molecule has 1 fully saturated rings. The van der Waals surface area contributed by atoms with Crippen LogP contribution in [0.1, 0.15) is 12.8 Å². The van der Waals surface area contributed by atoms with E-state index in [4.69, 9.17) is 0 Å². The van der Waals surface area contributed by atoms with E-state index in [0.717, 1.165) is 25.9 Å². The van der Waals surface area contributed by atoms with Gasteiger partial charge >= 0.3 is 0 Å². The minimum Gasteiger partial charge on any atom is -0.312 e. The van der Waals surface area contributed by atoms with E-state index in [9.17, 15) is 4.79 Å². The van der Waals surface area contributed by atoms with Crippen LogP contribution in [0.5, 0.6) is 0 Å². The first-order chi connectivity index (χ1) is 6.81. The highest BCUT2D eigenvalue weighted by molar-refractivity contribution is 6.51. The van der Waals surface area contributed by atoms with Crippen LogP contribution < -0.4 is 10.4 Å².